The minimum absolute atomic E-state index is 0.111. The number of carbonyl (C=O) groups is 1. The summed E-state index contributed by atoms with van der Waals surface area (Å²) in [5, 5.41) is 0. The van der Waals surface area contributed by atoms with E-state index in [9.17, 15) is 4.79 Å². The Labute approximate surface area is 190 Å². The van der Waals surface area contributed by atoms with Gasteiger partial charge in [-0.05, 0) is 80.1 Å². The van der Waals surface area contributed by atoms with Crippen LogP contribution < -0.4 is 0 Å². The van der Waals surface area contributed by atoms with Crippen LogP contribution in [0.4, 0.5) is 0 Å². The Balaban J connectivity index is 1.37. The molecule has 2 nitrogen and oxygen atoms in total. The van der Waals surface area contributed by atoms with E-state index in [0.717, 1.165) is 31.1 Å². The first kappa shape index (κ1) is 24.1. The molecule has 0 N–H and O–H groups in total. The van der Waals surface area contributed by atoms with Crippen molar-refractivity contribution in [1.82, 2.24) is 0 Å². The van der Waals surface area contributed by atoms with Crippen molar-refractivity contribution in [1.29, 1.82) is 0 Å². The van der Waals surface area contributed by atoms with Gasteiger partial charge in [0.15, 0.2) is 0 Å². The van der Waals surface area contributed by atoms with Crippen LogP contribution in [0.5, 0.6) is 0 Å². The third-order valence-corrected chi connectivity index (χ3v) is 7.62. The molecule has 1 fully saturated rings. The number of hydrogen-bond acceptors (Lipinski definition) is 2. The van der Waals surface area contributed by atoms with Gasteiger partial charge in [0.25, 0.3) is 0 Å². The average molecular weight is 425 g/mol. The molecule has 0 amide bonds. The first-order valence-electron chi connectivity index (χ1n) is 13.2. The van der Waals surface area contributed by atoms with Crippen molar-refractivity contribution in [3.8, 4) is 0 Å². The van der Waals surface area contributed by atoms with Crippen LogP contribution in [0.1, 0.15) is 126 Å². The molecule has 2 aliphatic rings. The van der Waals surface area contributed by atoms with Crippen molar-refractivity contribution in [2.75, 3.05) is 0 Å². The number of ether oxygens (including phenoxy) is 1. The van der Waals surface area contributed by atoms with Gasteiger partial charge < -0.3 is 4.74 Å². The molecular formula is C29H44O2. The number of unbranched alkanes of at least 4 members (excludes halogenated alkanes) is 5. The zero-order chi connectivity index (χ0) is 21.9. The van der Waals surface area contributed by atoms with E-state index in [1.807, 2.05) is 12.1 Å². The monoisotopic (exact) mass is 424 g/mol. The summed E-state index contributed by atoms with van der Waals surface area (Å²) >= 11 is 0. The summed E-state index contributed by atoms with van der Waals surface area (Å²) in [7, 11) is 0. The fourth-order valence-electron chi connectivity index (χ4n) is 5.31. The summed E-state index contributed by atoms with van der Waals surface area (Å²) in [6.07, 6.45) is 21.6. The molecular weight excluding hydrogens is 380 g/mol. The highest BCUT2D eigenvalue weighted by molar-refractivity contribution is 5.90. The Morgan fingerprint density at radius 2 is 1.58 bits per heavy atom. The molecule has 1 unspecified atom stereocenters. The molecule has 2 aliphatic carbocycles. The second kappa shape index (κ2) is 13.1. The molecule has 0 aliphatic heterocycles. The molecule has 1 atom stereocenters. The van der Waals surface area contributed by atoms with E-state index < -0.39 is 0 Å². The molecule has 3 rings (SSSR count). The van der Waals surface area contributed by atoms with Gasteiger partial charge in [-0.1, -0.05) is 83.4 Å². The van der Waals surface area contributed by atoms with Crippen molar-refractivity contribution in [2.45, 2.75) is 116 Å². The van der Waals surface area contributed by atoms with E-state index in [1.54, 1.807) is 0 Å². The van der Waals surface area contributed by atoms with E-state index in [2.05, 4.69) is 32.1 Å². The first-order valence-corrected chi connectivity index (χ1v) is 13.2. The smallest absolute Gasteiger partial charge is 0.338 e. The van der Waals surface area contributed by atoms with E-state index in [4.69, 9.17) is 4.74 Å². The van der Waals surface area contributed by atoms with E-state index in [0.29, 0.717) is 5.56 Å². The minimum Gasteiger partial charge on any atom is -0.459 e. The molecule has 0 heterocycles. The molecule has 0 radical (unpaired) electrons. The van der Waals surface area contributed by atoms with Crippen LogP contribution in [-0.4, -0.2) is 12.1 Å². The van der Waals surface area contributed by atoms with Gasteiger partial charge in [-0.3, -0.25) is 0 Å². The lowest BCUT2D eigenvalue weighted by Gasteiger charge is -2.28. The third kappa shape index (κ3) is 7.81. The van der Waals surface area contributed by atoms with E-state index in [-0.39, 0.29) is 12.1 Å². The zero-order valence-corrected chi connectivity index (χ0v) is 20.0. The molecule has 0 aromatic heterocycles. The van der Waals surface area contributed by atoms with Crippen LogP contribution in [0.3, 0.4) is 0 Å². The van der Waals surface area contributed by atoms with Gasteiger partial charge in [-0.15, -0.1) is 0 Å². The summed E-state index contributed by atoms with van der Waals surface area (Å²) < 4.78 is 5.86. The molecule has 0 saturated heterocycles. The SMILES string of the molecule is CCCCCCCCC1CCC(OC(=O)c2ccc(C3=CCC(CC)CC3)cc2)CC1. The number of benzene rings is 1. The topological polar surface area (TPSA) is 26.3 Å². The van der Waals surface area contributed by atoms with Crippen molar-refractivity contribution < 1.29 is 9.53 Å². The third-order valence-electron chi connectivity index (χ3n) is 7.62. The number of hydrogen-bond donors (Lipinski definition) is 0. The highest BCUT2D eigenvalue weighted by Crippen LogP contribution is 2.33. The fourth-order valence-corrected chi connectivity index (χ4v) is 5.31. The molecule has 0 spiro atoms. The standard InChI is InChI=1S/C29H44O2/c1-3-5-6-7-8-9-10-24-13-21-28(22-14-24)31-29(30)27-19-17-26(18-20-27)25-15-11-23(4-2)12-16-25/h15,17-20,23-24,28H,3-14,16,21-22H2,1-2H3. The van der Waals surface area contributed by atoms with Crippen LogP contribution >= 0.6 is 0 Å². The van der Waals surface area contributed by atoms with E-state index in [1.165, 1.54) is 88.2 Å². The Morgan fingerprint density at radius 1 is 0.871 bits per heavy atom. The Morgan fingerprint density at radius 3 is 2.23 bits per heavy atom. The van der Waals surface area contributed by atoms with Gasteiger partial charge in [0.2, 0.25) is 0 Å². The second-order valence-electron chi connectivity index (χ2n) is 9.96. The Kier molecular flexibility index (Phi) is 10.2. The maximum atomic E-state index is 12.6. The predicted molar refractivity (Wildman–Crippen MR) is 131 cm³/mol. The average Bonchev–Trinajstić information content (AvgIpc) is 2.82. The molecule has 172 valence electrons. The number of rotatable bonds is 11. The van der Waals surface area contributed by atoms with E-state index >= 15 is 0 Å². The van der Waals surface area contributed by atoms with Crippen molar-refractivity contribution in [3.63, 3.8) is 0 Å². The molecule has 0 bridgehead atoms. The van der Waals surface area contributed by atoms with Gasteiger partial charge in [0.1, 0.15) is 6.10 Å². The maximum Gasteiger partial charge on any atom is 0.338 e. The lowest BCUT2D eigenvalue weighted by Crippen LogP contribution is -2.24. The minimum atomic E-state index is -0.144. The summed E-state index contributed by atoms with van der Waals surface area (Å²) in [6.45, 7) is 4.56. The quantitative estimate of drug-likeness (QED) is 0.262. The van der Waals surface area contributed by atoms with Crippen LogP contribution in [0.2, 0.25) is 0 Å². The van der Waals surface area contributed by atoms with Crippen LogP contribution in [0.25, 0.3) is 5.57 Å². The lowest BCUT2D eigenvalue weighted by atomic mass is 9.84. The summed E-state index contributed by atoms with van der Waals surface area (Å²) in [5.74, 6) is 1.55. The first-order chi connectivity index (χ1) is 15.2. The fraction of sp³-hybridized carbons (Fsp3) is 0.690. The largest absolute Gasteiger partial charge is 0.459 e. The highest BCUT2D eigenvalue weighted by atomic mass is 16.5. The summed E-state index contributed by atoms with van der Waals surface area (Å²) in [6, 6.07) is 8.11. The second-order valence-corrected chi connectivity index (χ2v) is 9.96. The van der Waals surface area contributed by atoms with Gasteiger partial charge in [0.05, 0.1) is 5.56 Å². The summed E-state index contributed by atoms with van der Waals surface area (Å²) in [5.41, 5.74) is 3.40. The molecule has 1 aromatic carbocycles. The molecule has 1 aromatic rings. The lowest BCUT2D eigenvalue weighted by molar-refractivity contribution is 0.0161. The van der Waals surface area contributed by atoms with Crippen LogP contribution in [-0.2, 0) is 4.74 Å². The predicted octanol–water partition coefficient (Wildman–Crippen LogP) is 8.75. The van der Waals surface area contributed by atoms with Gasteiger partial charge in [-0.2, -0.15) is 0 Å². The van der Waals surface area contributed by atoms with Gasteiger partial charge in [0, 0.05) is 0 Å². The van der Waals surface area contributed by atoms with Gasteiger partial charge >= 0.3 is 5.97 Å². The summed E-state index contributed by atoms with van der Waals surface area (Å²) in [4.78, 5) is 12.6. The van der Waals surface area contributed by atoms with Crippen molar-refractivity contribution in [3.05, 3.63) is 41.5 Å². The number of esters is 1. The Bertz CT molecular complexity index is 679. The van der Waals surface area contributed by atoms with Crippen molar-refractivity contribution >= 4 is 11.5 Å². The zero-order valence-electron chi connectivity index (χ0n) is 20.0. The molecule has 31 heavy (non-hydrogen) atoms. The van der Waals surface area contributed by atoms with Crippen LogP contribution in [0.15, 0.2) is 30.3 Å². The normalized spacial score (nSPS) is 23.9. The van der Waals surface area contributed by atoms with Crippen LogP contribution in [0, 0.1) is 11.8 Å². The maximum absolute atomic E-state index is 12.6. The van der Waals surface area contributed by atoms with Gasteiger partial charge in [-0.25, -0.2) is 4.79 Å². The number of carbonyl (C=O) groups excluding carboxylic acids is 1. The Hall–Kier alpha value is -1.57. The molecule has 1 saturated carbocycles. The number of allylic oxidation sites excluding steroid dienone is 2. The molecule has 2 heteroatoms. The van der Waals surface area contributed by atoms with Crippen molar-refractivity contribution in [2.24, 2.45) is 11.8 Å². The highest BCUT2D eigenvalue weighted by Gasteiger charge is 2.24.